The number of piperidine rings is 2. The second kappa shape index (κ2) is 3.62. The number of carbonyl (C=O) groups is 2. The quantitative estimate of drug-likeness (QED) is 0.607. The van der Waals surface area contributed by atoms with Gasteiger partial charge in [-0.1, -0.05) is 19.1 Å². The molecule has 0 N–H and O–H groups in total. The van der Waals surface area contributed by atoms with Gasteiger partial charge in [-0.05, 0) is 18.3 Å². The van der Waals surface area contributed by atoms with Crippen molar-refractivity contribution in [2.75, 3.05) is 13.6 Å². The number of hydrogen-bond donors (Lipinski definition) is 0. The minimum Gasteiger partial charge on any atom is -0.342 e. The number of nitrogens with zero attached hydrogens (tertiary/aromatic N) is 2. The summed E-state index contributed by atoms with van der Waals surface area (Å²) in [6.45, 7) is 3.13. The molecule has 3 fully saturated rings. The van der Waals surface area contributed by atoms with Gasteiger partial charge in [0.1, 0.15) is 0 Å². The molecule has 0 aromatic heterocycles. The van der Waals surface area contributed by atoms with E-state index in [0.29, 0.717) is 30.2 Å². The van der Waals surface area contributed by atoms with Crippen LogP contribution in [0.5, 0.6) is 0 Å². The van der Waals surface area contributed by atoms with Crippen molar-refractivity contribution in [3.63, 3.8) is 0 Å². The molecule has 3 heterocycles. The van der Waals surface area contributed by atoms with E-state index >= 15 is 0 Å². The Morgan fingerprint density at radius 1 is 1.32 bits per heavy atom. The Kier molecular flexibility index (Phi) is 2.19. The fourth-order valence-corrected chi connectivity index (χ4v) is 5.10. The molecule has 0 aromatic rings. The number of hydrogen-bond acceptors (Lipinski definition) is 2. The topological polar surface area (TPSA) is 40.6 Å². The summed E-state index contributed by atoms with van der Waals surface area (Å²) < 4.78 is 0. The van der Waals surface area contributed by atoms with Crippen LogP contribution in [0.1, 0.15) is 19.8 Å². The number of likely N-dealkylation sites (tertiary alicyclic amines) is 1. The van der Waals surface area contributed by atoms with Crippen LogP contribution in [0.15, 0.2) is 12.2 Å². The molecule has 4 heteroatoms. The van der Waals surface area contributed by atoms with Crippen LogP contribution in [-0.4, -0.2) is 47.3 Å². The van der Waals surface area contributed by atoms with E-state index in [0.717, 1.165) is 13.0 Å². The first-order valence-corrected chi connectivity index (χ1v) is 7.32. The number of rotatable bonds is 0. The van der Waals surface area contributed by atoms with Gasteiger partial charge in [-0.25, -0.2) is 0 Å². The molecule has 1 saturated carbocycles. The van der Waals surface area contributed by atoms with Crippen molar-refractivity contribution < 1.29 is 9.59 Å². The monoisotopic (exact) mass is 260 g/mol. The Hall–Kier alpha value is -1.32. The fourth-order valence-electron chi connectivity index (χ4n) is 5.10. The van der Waals surface area contributed by atoms with Gasteiger partial charge in [0.15, 0.2) is 0 Å². The van der Waals surface area contributed by atoms with E-state index in [2.05, 4.69) is 13.0 Å². The zero-order chi connectivity index (χ0) is 13.3. The highest BCUT2D eigenvalue weighted by atomic mass is 16.2. The predicted molar refractivity (Wildman–Crippen MR) is 70.1 cm³/mol. The molecule has 6 atom stereocenters. The lowest BCUT2D eigenvalue weighted by atomic mass is 9.68. The maximum Gasteiger partial charge on any atom is 0.228 e. The second-order valence-corrected chi connectivity index (χ2v) is 6.67. The minimum atomic E-state index is -0.00185. The summed E-state index contributed by atoms with van der Waals surface area (Å²) in [5.74, 6) is 2.02. The smallest absolute Gasteiger partial charge is 0.228 e. The summed E-state index contributed by atoms with van der Waals surface area (Å²) in [7, 11) is 1.95. The van der Waals surface area contributed by atoms with E-state index in [-0.39, 0.29) is 23.8 Å². The molecule has 0 spiro atoms. The maximum absolute atomic E-state index is 12.7. The van der Waals surface area contributed by atoms with Gasteiger partial charge in [-0.3, -0.25) is 9.59 Å². The highest BCUT2D eigenvalue weighted by Gasteiger charge is 2.60. The average molecular weight is 260 g/mol. The minimum absolute atomic E-state index is 0.00185. The van der Waals surface area contributed by atoms with Crippen LogP contribution in [0.2, 0.25) is 0 Å². The fraction of sp³-hybridized carbons (Fsp3) is 0.733. The van der Waals surface area contributed by atoms with Gasteiger partial charge in [-0.15, -0.1) is 0 Å². The Labute approximate surface area is 113 Å². The summed E-state index contributed by atoms with van der Waals surface area (Å²) in [5.41, 5.74) is 0. The molecular weight excluding hydrogens is 240 g/mol. The largest absolute Gasteiger partial charge is 0.342 e. The molecule has 2 saturated heterocycles. The van der Waals surface area contributed by atoms with Gasteiger partial charge >= 0.3 is 0 Å². The summed E-state index contributed by atoms with van der Waals surface area (Å²) in [6, 6.07) is 0.363. The van der Waals surface area contributed by atoms with Crippen molar-refractivity contribution in [2.45, 2.75) is 31.8 Å². The van der Waals surface area contributed by atoms with Gasteiger partial charge in [0.2, 0.25) is 11.8 Å². The average Bonchev–Trinajstić information content (AvgIpc) is 2.68. The zero-order valence-electron chi connectivity index (χ0n) is 11.5. The van der Waals surface area contributed by atoms with Crippen LogP contribution >= 0.6 is 0 Å². The molecule has 4 aliphatic rings. The molecule has 4 rings (SSSR count). The Bertz CT molecular complexity index is 487. The molecule has 4 bridgehead atoms. The zero-order valence-corrected chi connectivity index (χ0v) is 11.5. The van der Waals surface area contributed by atoms with E-state index in [1.54, 1.807) is 0 Å². The predicted octanol–water partition coefficient (Wildman–Crippen LogP) is 0.886. The third-order valence-corrected chi connectivity index (χ3v) is 5.89. The highest BCUT2D eigenvalue weighted by Crippen LogP contribution is 2.53. The van der Waals surface area contributed by atoms with E-state index in [1.807, 2.05) is 22.9 Å². The van der Waals surface area contributed by atoms with Gasteiger partial charge in [0.05, 0.1) is 12.0 Å². The lowest BCUT2D eigenvalue weighted by Crippen LogP contribution is -2.65. The van der Waals surface area contributed by atoms with Crippen LogP contribution < -0.4 is 0 Å². The van der Waals surface area contributed by atoms with Crippen molar-refractivity contribution in [3.8, 4) is 0 Å². The first kappa shape index (κ1) is 11.5. The van der Waals surface area contributed by atoms with Crippen LogP contribution in [0.3, 0.4) is 0 Å². The van der Waals surface area contributed by atoms with Crippen molar-refractivity contribution in [3.05, 3.63) is 12.2 Å². The van der Waals surface area contributed by atoms with E-state index in [1.165, 1.54) is 0 Å². The third kappa shape index (κ3) is 1.30. The molecule has 0 aromatic carbocycles. The molecule has 0 radical (unpaired) electrons. The van der Waals surface area contributed by atoms with Gasteiger partial charge < -0.3 is 9.80 Å². The molecular formula is C15H20N2O2. The third-order valence-electron chi connectivity index (χ3n) is 5.89. The van der Waals surface area contributed by atoms with Gasteiger partial charge in [0.25, 0.3) is 0 Å². The SMILES string of the molecule is C[C@@H]1CC2C3CN4C(=O)CC=CC4C(C(=O)N2C)C31. The number of carbonyl (C=O) groups excluding carboxylic acids is 2. The lowest BCUT2D eigenvalue weighted by Gasteiger charge is -2.53. The molecule has 5 unspecified atom stereocenters. The molecule has 3 aliphatic heterocycles. The molecule has 1 aliphatic carbocycles. The van der Waals surface area contributed by atoms with Crippen LogP contribution in [0.4, 0.5) is 0 Å². The Morgan fingerprint density at radius 3 is 2.89 bits per heavy atom. The van der Waals surface area contributed by atoms with Crippen LogP contribution in [0, 0.1) is 23.7 Å². The van der Waals surface area contributed by atoms with Gasteiger partial charge in [0, 0.05) is 32.0 Å². The Morgan fingerprint density at radius 2 is 2.11 bits per heavy atom. The lowest BCUT2D eigenvalue weighted by molar-refractivity contribution is -0.159. The van der Waals surface area contributed by atoms with Crippen LogP contribution in [-0.2, 0) is 9.59 Å². The summed E-state index contributed by atoms with van der Waals surface area (Å²) in [5, 5.41) is 0. The van der Waals surface area contributed by atoms with Crippen molar-refractivity contribution in [1.82, 2.24) is 9.80 Å². The molecule has 4 nitrogen and oxygen atoms in total. The highest BCUT2D eigenvalue weighted by molar-refractivity contribution is 5.86. The van der Waals surface area contributed by atoms with Crippen molar-refractivity contribution in [1.29, 1.82) is 0 Å². The van der Waals surface area contributed by atoms with Gasteiger partial charge in [-0.2, -0.15) is 0 Å². The van der Waals surface area contributed by atoms with E-state index < -0.39 is 0 Å². The summed E-state index contributed by atoms with van der Waals surface area (Å²) in [4.78, 5) is 28.7. The molecule has 2 amide bonds. The molecule has 102 valence electrons. The van der Waals surface area contributed by atoms with Crippen molar-refractivity contribution in [2.24, 2.45) is 23.7 Å². The Balaban J connectivity index is 1.82. The first-order chi connectivity index (χ1) is 9.09. The summed E-state index contributed by atoms with van der Waals surface area (Å²) in [6.07, 6.45) is 5.65. The van der Waals surface area contributed by atoms with E-state index in [9.17, 15) is 9.59 Å². The standard InChI is InChI=1S/C15H20N2O2/c1-8-6-11-9-7-17-10(4-3-5-12(17)18)14(13(8)9)15(19)16(11)2/h3-4,8-11,13-14H,5-7H2,1-2H3/t8-,9?,10?,11?,13?,14?/m1/s1. The number of amides is 2. The summed E-state index contributed by atoms with van der Waals surface area (Å²) >= 11 is 0. The second-order valence-electron chi connectivity index (χ2n) is 6.67. The maximum atomic E-state index is 12.7. The first-order valence-electron chi connectivity index (χ1n) is 7.32. The van der Waals surface area contributed by atoms with Crippen molar-refractivity contribution >= 4 is 11.8 Å². The molecule has 19 heavy (non-hydrogen) atoms. The number of fused-ring (bicyclic) bond motifs is 2. The van der Waals surface area contributed by atoms with Crippen LogP contribution in [0.25, 0.3) is 0 Å². The normalized spacial score (nSPS) is 47.7. The van der Waals surface area contributed by atoms with E-state index in [4.69, 9.17) is 0 Å².